The zero-order valence-electron chi connectivity index (χ0n) is 18.1. The fraction of sp³-hybridized carbons (Fsp3) is 0.636. The first-order valence-corrected chi connectivity index (χ1v) is 10.3. The molecule has 6 nitrogen and oxygen atoms in total. The van der Waals surface area contributed by atoms with Crippen molar-refractivity contribution in [2.75, 3.05) is 33.2 Å². The van der Waals surface area contributed by atoms with E-state index in [9.17, 15) is 4.79 Å². The van der Waals surface area contributed by atoms with Crippen molar-refractivity contribution in [1.82, 2.24) is 20.9 Å². The van der Waals surface area contributed by atoms with Gasteiger partial charge in [0, 0.05) is 19.1 Å². The molecule has 6 heteroatoms. The van der Waals surface area contributed by atoms with Crippen molar-refractivity contribution in [2.45, 2.75) is 52.1 Å². The minimum Gasteiger partial charge on any atom is -0.354 e. The number of amides is 1. The van der Waals surface area contributed by atoms with Crippen molar-refractivity contribution in [2.24, 2.45) is 10.9 Å². The highest BCUT2D eigenvalue weighted by molar-refractivity contribution is 5.86. The smallest absolute Gasteiger partial charge is 0.239 e. The van der Waals surface area contributed by atoms with Crippen LogP contribution in [0.2, 0.25) is 0 Å². The lowest BCUT2D eigenvalue weighted by Gasteiger charge is -2.37. The summed E-state index contributed by atoms with van der Waals surface area (Å²) in [6.07, 6.45) is 2.48. The predicted octanol–water partition coefficient (Wildman–Crippen LogP) is 2.54. The molecule has 1 saturated heterocycles. The van der Waals surface area contributed by atoms with Crippen molar-refractivity contribution in [3.63, 3.8) is 0 Å². The van der Waals surface area contributed by atoms with E-state index in [-0.39, 0.29) is 24.0 Å². The van der Waals surface area contributed by atoms with Gasteiger partial charge in [-0.05, 0) is 58.2 Å². The molecule has 0 aromatic heterocycles. The quantitative estimate of drug-likeness (QED) is 0.518. The highest BCUT2D eigenvalue weighted by atomic mass is 16.2. The maximum Gasteiger partial charge on any atom is 0.239 e. The van der Waals surface area contributed by atoms with E-state index in [1.54, 1.807) is 7.05 Å². The van der Waals surface area contributed by atoms with Gasteiger partial charge in [-0.2, -0.15) is 0 Å². The number of piperidine rings is 1. The molecule has 1 unspecified atom stereocenters. The van der Waals surface area contributed by atoms with E-state index in [4.69, 9.17) is 0 Å². The number of nitrogens with one attached hydrogen (secondary N) is 3. The van der Waals surface area contributed by atoms with E-state index in [2.05, 4.69) is 63.1 Å². The van der Waals surface area contributed by atoms with Crippen LogP contribution in [-0.2, 0) is 4.79 Å². The molecule has 0 bridgehead atoms. The number of carbonyl (C=O) groups is 1. The minimum atomic E-state index is -0.237. The second-order valence-corrected chi connectivity index (χ2v) is 8.75. The molecule has 0 spiro atoms. The summed E-state index contributed by atoms with van der Waals surface area (Å²) < 4.78 is 0. The van der Waals surface area contributed by atoms with Gasteiger partial charge < -0.3 is 16.0 Å². The highest BCUT2D eigenvalue weighted by Gasteiger charge is 2.24. The summed E-state index contributed by atoms with van der Waals surface area (Å²) in [5, 5.41) is 9.48. The van der Waals surface area contributed by atoms with Crippen LogP contribution in [0.25, 0.3) is 0 Å². The standard InChI is InChI=1S/C22H37N5O/c1-17-11-13-27(14-12-17)19(18-9-7-6-8-10-18)15-24-21(23-5)25-16-20(28)26-22(2,3)4/h6-10,17,19H,11-16H2,1-5H3,(H,26,28)(H2,23,24,25). The van der Waals surface area contributed by atoms with Crippen molar-refractivity contribution < 1.29 is 4.79 Å². The molecule has 28 heavy (non-hydrogen) atoms. The Labute approximate surface area is 170 Å². The van der Waals surface area contributed by atoms with E-state index < -0.39 is 0 Å². The van der Waals surface area contributed by atoms with E-state index in [0.717, 1.165) is 25.6 Å². The molecule has 1 heterocycles. The van der Waals surface area contributed by atoms with Crippen LogP contribution in [0.4, 0.5) is 0 Å². The van der Waals surface area contributed by atoms with Crippen LogP contribution in [0.5, 0.6) is 0 Å². The first-order valence-electron chi connectivity index (χ1n) is 10.3. The van der Waals surface area contributed by atoms with Gasteiger partial charge >= 0.3 is 0 Å². The van der Waals surface area contributed by atoms with Crippen molar-refractivity contribution in [1.29, 1.82) is 0 Å². The van der Waals surface area contributed by atoms with Crippen LogP contribution in [0.3, 0.4) is 0 Å². The molecule has 1 aliphatic heterocycles. The fourth-order valence-electron chi connectivity index (χ4n) is 3.51. The third-order valence-electron chi connectivity index (χ3n) is 5.06. The molecule has 1 amide bonds. The van der Waals surface area contributed by atoms with Crippen LogP contribution in [0.1, 0.15) is 52.1 Å². The molecule has 1 aromatic rings. The first kappa shape index (κ1) is 22.2. The first-order chi connectivity index (χ1) is 13.3. The lowest BCUT2D eigenvalue weighted by atomic mass is 9.95. The molecule has 1 atom stereocenters. The monoisotopic (exact) mass is 387 g/mol. The summed E-state index contributed by atoms with van der Waals surface area (Å²) in [6.45, 7) is 11.4. The highest BCUT2D eigenvalue weighted by Crippen LogP contribution is 2.26. The lowest BCUT2D eigenvalue weighted by molar-refractivity contribution is -0.121. The molecular weight excluding hydrogens is 350 g/mol. The number of benzene rings is 1. The molecule has 1 aliphatic rings. The average molecular weight is 388 g/mol. The van der Waals surface area contributed by atoms with E-state index in [1.807, 2.05) is 20.8 Å². The second-order valence-electron chi connectivity index (χ2n) is 8.75. The third kappa shape index (κ3) is 7.50. The van der Waals surface area contributed by atoms with Crippen molar-refractivity contribution in [3.05, 3.63) is 35.9 Å². The number of carbonyl (C=O) groups excluding carboxylic acids is 1. The molecule has 0 aliphatic carbocycles. The topological polar surface area (TPSA) is 68.8 Å². The Hall–Kier alpha value is -2.08. The van der Waals surface area contributed by atoms with Crippen molar-refractivity contribution >= 4 is 11.9 Å². The maximum absolute atomic E-state index is 12.1. The van der Waals surface area contributed by atoms with Crippen LogP contribution >= 0.6 is 0 Å². The zero-order valence-corrected chi connectivity index (χ0v) is 18.1. The van der Waals surface area contributed by atoms with E-state index >= 15 is 0 Å². The average Bonchev–Trinajstić information content (AvgIpc) is 2.65. The van der Waals surface area contributed by atoms with Gasteiger partial charge in [0.05, 0.1) is 12.6 Å². The van der Waals surface area contributed by atoms with Crippen LogP contribution < -0.4 is 16.0 Å². The molecular formula is C22H37N5O. The molecule has 1 fully saturated rings. The summed E-state index contributed by atoms with van der Waals surface area (Å²) >= 11 is 0. The molecule has 0 radical (unpaired) electrons. The van der Waals surface area contributed by atoms with Crippen LogP contribution in [0, 0.1) is 5.92 Å². The van der Waals surface area contributed by atoms with Crippen molar-refractivity contribution in [3.8, 4) is 0 Å². The largest absolute Gasteiger partial charge is 0.354 e. The number of hydrogen-bond acceptors (Lipinski definition) is 3. The molecule has 2 rings (SSSR count). The van der Waals surface area contributed by atoms with Crippen LogP contribution in [-0.4, -0.2) is 55.5 Å². The Morgan fingerprint density at radius 1 is 1.18 bits per heavy atom. The Bertz CT molecular complexity index is 630. The Balaban J connectivity index is 1.94. The number of aliphatic imine (C=N–C) groups is 1. The fourth-order valence-corrected chi connectivity index (χ4v) is 3.51. The number of hydrogen-bond donors (Lipinski definition) is 3. The van der Waals surface area contributed by atoms with Gasteiger partial charge in [-0.25, -0.2) is 0 Å². The summed E-state index contributed by atoms with van der Waals surface area (Å²) in [6, 6.07) is 10.9. The summed E-state index contributed by atoms with van der Waals surface area (Å²) in [4.78, 5) is 18.9. The van der Waals surface area contributed by atoms with Crippen LogP contribution in [0.15, 0.2) is 35.3 Å². The maximum atomic E-state index is 12.1. The Kier molecular flexibility index (Phi) is 8.30. The summed E-state index contributed by atoms with van der Waals surface area (Å²) in [5.74, 6) is 1.41. The molecule has 0 saturated carbocycles. The van der Waals surface area contributed by atoms with Gasteiger partial charge in [0.15, 0.2) is 5.96 Å². The lowest BCUT2D eigenvalue weighted by Crippen LogP contribution is -2.49. The van der Waals surface area contributed by atoms with Gasteiger partial charge in [0.2, 0.25) is 5.91 Å². The number of guanidine groups is 1. The van der Waals surface area contributed by atoms with Gasteiger partial charge in [0.1, 0.15) is 0 Å². The number of likely N-dealkylation sites (tertiary alicyclic amines) is 1. The summed E-state index contributed by atoms with van der Waals surface area (Å²) in [5.41, 5.74) is 1.07. The molecule has 156 valence electrons. The molecule has 1 aromatic carbocycles. The van der Waals surface area contributed by atoms with Gasteiger partial charge in [-0.15, -0.1) is 0 Å². The SMILES string of the molecule is CN=C(NCC(=O)NC(C)(C)C)NCC(c1ccccc1)N1CCC(C)CC1. The normalized spacial score (nSPS) is 17.8. The molecule has 3 N–H and O–H groups in total. The Morgan fingerprint density at radius 2 is 1.82 bits per heavy atom. The predicted molar refractivity (Wildman–Crippen MR) is 116 cm³/mol. The number of nitrogens with zero attached hydrogens (tertiary/aromatic N) is 2. The minimum absolute atomic E-state index is 0.0416. The van der Waals surface area contributed by atoms with E-state index in [1.165, 1.54) is 18.4 Å². The third-order valence-corrected chi connectivity index (χ3v) is 5.06. The van der Waals surface area contributed by atoms with Gasteiger partial charge in [-0.3, -0.25) is 14.7 Å². The van der Waals surface area contributed by atoms with Gasteiger partial charge in [-0.1, -0.05) is 37.3 Å². The Morgan fingerprint density at radius 3 is 2.39 bits per heavy atom. The second kappa shape index (κ2) is 10.5. The number of rotatable bonds is 6. The zero-order chi connectivity index (χ0) is 20.6. The van der Waals surface area contributed by atoms with E-state index in [0.29, 0.717) is 5.96 Å². The summed E-state index contributed by atoms with van der Waals surface area (Å²) in [7, 11) is 1.73. The van der Waals surface area contributed by atoms with Gasteiger partial charge in [0.25, 0.3) is 0 Å².